The van der Waals surface area contributed by atoms with Crippen LogP contribution in [0.5, 0.6) is 0 Å². The van der Waals surface area contributed by atoms with E-state index in [4.69, 9.17) is 0 Å². The summed E-state index contributed by atoms with van der Waals surface area (Å²) < 4.78 is 0. The molecule has 2 fully saturated rings. The average molecular weight is 529 g/mol. The Morgan fingerprint density at radius 1 is 0.629 bits per heavy atom. The topological polar surface area (TPSA) is 81.2 Å². The van der Waals surface area contributed by atoms with Crippen LogP contribution in [0.15, 0.2) is 0 Å². The van der Waals surface area contributed by atoms with Crippen molar-refractivity contribution in [3.05, 3.63) is 0 Å². The molecule has 0 atom stereocenters. The van der Waals surface area contributed by atoms with Gasteiger partial charge < -0.3 is 9.80 Å². The number of carbonyl (C=O) groups excluding carboxylic acids is 4. The van der Waals surface area contributed by atoms with Crippen molar-refractivity contribution < 1.29 is 19.2 Å². The van der Waals surface area contributed by atoms with Crippen molar-refractivity contribution in [3.63, 3.8) is 0 Å². The molecule has 0 saturated carbocycles. The predicted molar refractivity (Wildman–Crippen MR) is 145 cm³/mol. The van der Waals surface area contributed by atoms with Crippen molar-refractivity contribution in [2.24, 2.45) is 0 Å². The van der Waals surface area contributed by atoms with Gasteiger partial charge in [0.1, 0.15) is 13.1 Å². The molecule has 2 saturated heterocycles. The van der Waals surface area contributed by atoms with E-state index in [1.54, 1.807) is 9.80 Å². The second kappa shape index (κ2) is 13.2. The number of hydrogen-bond donors (Lipinski definition) is 0. The molecule has 2 aliphatic rings. The molecular weight excluding hydrogens is 484 g/mol. The van der Waals surface area contributed by atoms with Gasteiger partial charge in [-0.1, -0.05) is 0 Å². The normalized spacial score (nSPS) is 17.5. The van der Waals surface area contributed by atoms with E-state index in [-0.39, 0.29) is 37.0 Å². The molecule has 2 rings (SSSR count). The van der Waals surface area contributed by atoms with Crippen LogP contribution in [0.1, 0.15) is 73.6 Å². The van der Waals surface area contributed by atoms with Crippen molar-refractivity contribution in [1.82, 2.24) is 19.6 Å². The Balaban J connectivity index is 1.53. The molecule has 0 aromatic heterocycles. The van der Waals surface area contributed by atoms with Gasteiger partial charge in [0.2, 0.25) is 0 Å². The number of urea groups is 2. The lowest BCUT2D eigenvalue weighted by Crippen LogP contribution is -2.48. The summed E-state index contributed by atoms with van der Waals surface area (Å²) >= 11 is 3.86. The zero-order valence-electron chi connectivity index (χ0n) is 22.4. The van der Waals surface area contributed by atoms with Crippen LogP contribution in [-0.2, 0) is 9.59 Å². The van der Waals surface area contributed by atoms with Gasteiger partial charge in [-0.2, -0.15) is 23.5 Å². The van der Waals surface area contributed by atoms with E-state index in [1.165, 1.54) is 9.80 Å². The van der Waals surface area contributed by atoms with Crippen LogP contribution in [0.2, 0.25) is 0 Å². The van der Waals surface area contributed by atoms with Crippen LogP contribution in [-0.4, -0.2) is 104 Å². The lowest BCUT2D eigenvalue weighted by atomic mass is 9.97. The molecule has 6 amide bonds. The van der Waals surface area contributed by atoms with E-state index in [0.717, 1.165) is 55.1 Å². The number of imide groups is 2. The fourth-order valence-electron chi connectivity index (χ4n) is 4.69. The second-order valence-corrected chi connectivity index (χ2v) is 12.9. The van der Waals surface area contributed by atoms with Crippen LogP contribution >= 0.6 is 23.5 Å². The Labute approximate surface area is 219 Å². The summed E-state index contributed by atoms with van der Waals surface area (Å²) in [7, 11) is 0. The lowest BCUT2D eigenvalue weighted by Gasteiger charge is -2.33. The van der Waals surface area contributed by atoms with Crippen LogP contribution in [0, 0.1) is 0 Å². The highest BCUT2D eigenvalue weighted by molar-refractivity contribution is 8.00. The molecule has 0 unspecified atom stereocenters. The van der Waals surface area contributed by atoms with E-state index in [9.17, 15) is 19.2 Å². The van der Waals surface area contributed by atoms with Crippen molar-refractivity contribution in [2.45, 2.75) is 84.7 Å². The molecule has 35 heavy (non-hydrogen) atoms. The number of nitrogens with zero attached hydrogens (tertiary/aromatic N) is 4. The maximum Gasteiger partial charge on any atom is 0.327 e. The van der Waals surface area contributed by atoms with E-state index in [0.29, 0.717) is 13.1 Å². The highest BCUT2D eigenvalue weighted by atomic mass is 32.2. The Bertz CT molecular complexity index is 713. The highest BCUT2D eigenvalue weighted by Gasteiger charge is 2.44. The average Bonchev–Trinajstić information content (AvgIpc) is 3.25. The van der Waals surface area contributed by atoms with Gasteiger partial charge in [0.05, 0.1) is 0 Å². The molecule has 0 radical (unpaired) electrons. The van der Waals surface area contributed by atoms with Crippen molar-refractivity contribution >= 4 is 47.4 Å². The quantitative estimate of drug-likeness (QED) is 0.216. The SMILES string of the molecule is CCN1CC(=O)N(C(C)(C)CCCSCCCSCCCC(C)(C)N2C(=O)CN(CC)C2=O)C1=O. The summed E-state index contributed by atoms with van der Waals surface area (Å²) in [4.78, 5) is 55.5. The summed E-state index contributed by atoms with van der Waals surface area (Å²) in [5.41, 5.74) is -0.886. The highest BCUT2D eigenvalue weighted by Crippen LogP contribution is 2.28. The number of amides is 6. The standard InChI is InChI=1S/C25H44N4O4S2/c1-7-26-18-20(30)28(22(26)32)24(3,4)12-9-14-34-16-11-17-35-15-10-13-25(5,6)29-21(31)19-27(8-2)23(29)33/h7-19H2,1-6H3. The van der Waals surface area contributed by atoms with Crippen molar-refractivity contribution in [3.8, 4) is 0 Å². The molecule has 0 N–H and O–H groups in total. The van der Waals surface area contributed by atoms with E-state index in [1.807, 2.05) is 65.1 Å². The molecule has 2 heterocycles. The Morgan fingerprint density at radius 2 is 0.971 bits per heavy atom. The molecular formula is C25H44N4O4S2. The maximum absolute atomic E-state index is 12.4. The van der Waals surface area contributed by atoms with E-state index < -0.39 is 11.1 Å². The molecule has 0 aromatic rings. The monoisotopic (exact) mass is 528 g/mol. The minimum atomic E-state index is -0.443. The van der Waals surface area contributed by atoms with Gasteiger partial charge in [-0.15, -0.1) is 0 Å². The Morgan fingerprint density at radius 3 is 1.29 bits per heavy atom. The van der Waals surface area contributed by atoms with Gasteiger partial charge in [-0.25, -0.2) is 9.59 Å². The van der Waals surface area contributed by atoms with Crippen molar-refractivity contribution in [1.29, 1.82) is 0 Å². The zero-order chi connectivity index (χ0) is 26.2. The summed E-state index contributed by atoms with van der Waals surface area (Å²) in [6, 6.07) is -0.311. The third kappa shape index (κ3) is 7.78. The minimum Gasteiger partial charge on any atom is -0.315 e. The summed E-state index contributed by atoms with van der Waals surface area (Å²) in [6.45, 7) is 13.3. The largest absolute Gasteiger partial charge is 0.327 e. The fourth-order valence-corrected chi connectivity index (χ4v) is 6.68. The second-order valence-electron chi connectivity index (χ2n) is 10.5. The van der Waals surface area contributed by atoms with Gasteiger partial charge in [0, 0.05) is 24.2 Å². The third-order valence-corrected chi connectivity index (χ3v) is 9.09. The first-order valence-electron chi connectivity index (χ1n) is 12.9. The fraction of sp³-hybridized carbons (Fsp3) is 0.840. The molecule has 10 heteroatoms. The molecule has 0 spiro atoms. The maximum atomic E-state index is 12.4. The van der Waals surface area contributed by atoms with Crippen LogP contribution in [0.25, 0.3) is 0 Å². The number of carbonyl (C=O) groups is 4. The first-order valence-corrected chi connectivity index (χ1v) is 15.2. The predicted octanol–water partition coefficient (Wildman–Crippen LogP) is 4.53. The van der Waals surface area contributed by atoms with Gasteiger partial charge in [0.25, 0.3) is 11.8 Å². The van der Waals surface area contributed by atoms with Gasteiger partial charge in [0.15, 0.2) is 0 Å². The molecule has 8 nitrogen and oxygen atoms in total. The van der Waals surface area contributed by atoms with Crippen molar-refractivity contribution in [2.75, 3.05) is 49.2 Å². The minimum absolute atomic E-state index is 0.0866. The molecule has 200 valence electrons. The van der Waals surface area contributed by atoms with E-state index in [2.05, 4.69) is 0 Å². The summed E-state index contributed by atoms with van der Waals surface area (Å²) in [6.07, 6.45) is 4.74. The summed E-state index contributed by atoms with van der Waals surface area (Å²) in [5.74, 6) is 4.10. The smallest absolute Gasteiger partial charge is 0.315 e. The van der Waals surface area contributed by atoms with Gasteiger partial charge in [-0.05, 0) is 96.7 Å². The van der Waals surface area contributed by atoms with Crippen LogP contribution < -0.4 is 0 Å². The third-order valence-electron chi connectivity index (χ3n) is 6.78. The van der Waals surface area contributed by atoms with Crippen LogP contribution in [0.3, 0.4) is 0 Å². The molecule has 2 aliphatic heterocycles. The van der Waals surface area contributed by atoms with E-state index >= 15 is 0 Å². The first-order chi connectivity index (χ1) is 16.5. The molecule has 0 bridgehead atoms. The van der Waals surface area contributed by atoms with Gasteiger partial charge >= 0.3 is 12.1 Å². The first kappa shape index (κ1) is 29.8. The Kier molecular flexibility index (Phi) is 11.3. The molecule has 0 aliphatic carbocycles. The number of rotatable bonds is 16. The van der Waals surface area contributed by atoms with Gasteiger partial charge in [-0.3, -0.25) is 19.4 Å². The number of hydrogen-bond acceptors (Lipinski definition) is 6. The number of thioether (sulfide) groups is 2. The van der Waals surface area contributed by atoms with Crippen LogP contribution in [0.4, 0.5) is 9.59 Å². The number of likely N-dealkylation sites (N-methyl/N-ethyl adjacent to an activating group) is 2. The summed E-state index contributed by atoms with van der Waals surface area (Å²) in [5, 5.41) is 0. The lowest BCUT2D eigenvalue weighted by molar-refractivity contribution is -0.129. The Hall–Kier alpha value is -1.42. The molecule has 0 aromatic carbocycles. The zero-order valence-corrected chi connectivity index (χ0v) is 24.1.